The molecule has 67 heavy (non-hydrogen) atoms. The van der Waals surface area contributed by atoms with Crippen LogP contribution >= 0.6 is 0 Å². The van der Waals surface area contributed by atoms with E-state index in [1.165, 1.54) is 7.11 Å². The normalized spacial score (nSPS) is 22.0. The number of aromatic amines is 2. The number of alkyl carbamates (subject to hydrolysis) is 1. The molecule has 4 fully saturated rings. The minimum atomic E-state index is -1.22. The fourth-order valence-electron chi connectivity index (χ4n) is 10.9. The number of aromatic nitrogens is 4. The molecule has 5 amide bonds. The van der Waals surface area contributed by atoms with Crippen LogP contribution < -0.4 is 20.4 Å². The first-order chi connectivity index (χ1) is 32.3. The summed E-state index contributed by atoms with van der Waals surface area (Å²) in [5, 5.41) is 14.6. The summed E-state index contributed by atoms with van der Waals surface area (Å²) in [6, 6.07) is 18.9. The highest BCUT2D eigenvalue weighted by atomic mass is 16.5. The lowest BCUT2D eigenvalue weighted by molar-refractivity contribution is -0.136. The van der Waals surface area contributed by atoms with Crippen molar-refractivity contribution in [1.82, 2.24) is 40.4 Å². The number of anilines is 2. The van der Waals surface area contributed by atoms with Gasteiger partial charge in [-0.2, -0.15) is 0 Å². The van der Waals surface area contributed by atoms with Crippen LogP contribution in [-0.4, -0.2) is 104 Å². The second kappa shape index (κ2) is 18.9. The lowest BCUT2D eigenvalue weighted by Crippen LogP contribution is -2.51. The molecule has 6 heterocycles. The van der Waals surface area contributed by atoms with Crippen LogP contribution in [0.1, 0.15) is 132 Å². The number of imidazole rings is 2. The van der Waals surface area contributed by atoms with Gasteiger partial charge in [-0.25, -0.2) is 19.6 Å². The van der Waals surface area contributed by atoms with E-state index in [2.05, 4.69) is 86.2 Å². The Morgan fingerprint density at radius 2 is 1.16 bits per heavy atom. The molecule has 4 aliphatic rings. The van der Waals surface area contributed by atoms with E-state index < -0.39 is 24.3 Å². The first-order valence-electron chi connectivity index (χ1n) is 23.9. The van der Waals surface area contributed by atoms with Crippen LogP contribution in [-0.2, 0) is 19.1 Å². The van der Waals surface area contributed by atoms with E-state index in [9.17, 15) is 29.1 Å². The molecular weight excluding hydrogens is 853 g/mol. The molecule has 0 spiro atoms. The number of carbonyl (C=O) groups excluding carboxylic acids is 4. The van der Waals surface area contributed by atoms with E-state index in [0.717, 1.165) is 102 Å². The minimum absolute atomic E-state index is 0.0189. The zero-order valence-corrected chi connectivity index (χ0v) is 39.0. The van der Waals surface area contributed by atoms with Gasteiger partial charge in [0.05, 0.1) is 53.3 Å². The quantitative estimate of drug-likeness (QED) is 0.0814. The third kappa shape index (κ3) is 8.99. The van der Waals surface area contributed by atoms with E-state index in [0.29, 0.717) is 31.9 Å². The number of rotatable bonds is 12. The second-order valence-corrected chi connectivity index (χ2v) is 19.2. The van der Waals surface area contributed by atoms with Gasteiger partial charge in [0.25, 0.3) is 0 Å². The number of ether oxygens (including phenoxy) is 1. The first kappa shape index (κ1) is 45.5. The molecule has 5 N–H and O–H groups in total. The molecule has 0 bridgehead atoms. The van der Waals surface area contributed by atoms with Gasteiger partial charge in [0, 0.05) is 37.4 Å². The Hall–Kier alpha value is -6.65. The topological polar surface area (TPSA) is 209 Å². The predicted molar refractivity (Wildman–Crippen MR) is 253 cm³/mol. The van der Waals surface area contributed by atoms with Crippen molar-refractivity contribution < 1.29 is 33.8 Å². The van der Waals surface area contributed by atoms with E-state index in [1.807, 2.05) is 37.5 Å². The molecule has 6 atom stereocenters. The molecular formula is C50H62N10O7. The van der Waals surface area contributed by atoms with Crippen molar-refractivity contribution in [3.63, 3.8) is 0 Å². The van der Waals surface area contributed by atoms with E-state index in [-0.39, 0.29) is 53.7 Å². The minimum Gasteiger partial charge on any atom is -0.465 e. The van der Waals surface area contributed by atoms with E-state index in [1.54, 1.807) is 4.90 Å². The van der Waals surface area contributed by atoms with Gasteiger partial charge in [-0.05, 0) is 123 Å². The molecule has 17 nitrogen and oxygen atoms in total. The lowest BCUT2D eigenvalue weighted by atomic mass is 10.0. The number of hydrogen-bond donors (Lipinski definition) is 5. The molecule has 9 rings (SSSR count). The molecule has 17 heteroatoms. The maximum atomic E-state index is 13.9. The molecule has 0 saturated carbocycles. The summed E-state index contributed by atoms with van der Waals surface area (Å²) < 4.78 is 4.83. The number of benzene rings is 3. The summed E-state index contributed by atoms with van der Waals surface area (Å²) in [4.78, 5) is 89.5. The Kier molecular flexibility index (Phi) is 12.8. The number of nitrogens with zero attached hydrogens (tertiary/aromatic N) is 6. The summed E-state index contributed by atoms with van der Waals surface area (Å²) >= 11 is 0. The monoisotopic (exact) mass is 914 g/mol. The largest absolute Gasteiger partial charge is 0.465 e. The number of carbonyl (C=O) groups is 5. The number of carboxylic acid groups (broad SMARTS) is 1. The summed E-state index contributed by atoms with van der Waals surface area (Å²) in [6.07, 6.45) is 5.39. The number of methoxy groups -OCH3 is 1. The van der Waals surface area contributed by atoms with Gasteiger partial charge in [0.1, 0.15) is 23.7 Å². The van der Waals surface area contributed by atoms with Crippen LogP contribution in [0.2, 0.25) is 0 Å². The Morgan fingerprint density at radius 3 is 1.64 bits per heavy atom. The van der Waals surface area contributed by atoms with Gasteiger partial charge < -0.3 is 50.0 Å². The van der Waals surface area contributed by atoms with E-state index in [4.69, 9.17) is 14.7 Å². The molecule has 0 radical (unpaired) electrons. The second-order valence-electron chi connectivity index (χ2n) is 19.2. The maximum absolute atomic E-state index is 13.9. The molecule has 354 valence electrons. The highest BCUT2D eigenvalue weighted by Crippen LogP contribution is 2.48. The first-order valence-corrected chi connectivity index (χ1v) is 23.9. The van der Waals surface area contributed by atoms with Crippen molar-refractivity contribution in [2.24, 2.45) is 11.8 Å². The van der Waals surface area contributed by atoms with Crippen LogP contribution in [0.4, 0.5) is 21.0 Å². The summed E-state index contributed by atoms with van der Waals surface area (Å²) in [7, 11) is 1.29. The zero-order valence-electron chi connectivity index (χ0n) is 39.0. The number of H-pyrrole nitrogens is 2. The van der Waals surface area contributed by atoms with Crippen molar-refractivity contribution in [1.29, 1.82) is 0 Å². The van der Waals surface area contributed by atoms with Crippen molar-refractivity contribution in [3.8, 4) is 0 Å². The summed E-state index contributed by atoms with van der Waals surface area (Å²) in [5.74, 6) is 0.806. The Labute approximate surface area is 390 Å². The molecule has 5 aromatic rings. The van der Waals surface area contributed by atoms with Crippen molar-refractivity contribution >= 4 is 63.3 Å². The van der Waals surface area contributed by atoms with Crippen LogP contribution in [0.15, 0.2) is 60.7 Å². The Morgan fingerprint density at radius 1 is 0.657 bits per heavy atom. The van der Waals surface area contributed by atoms with Crippen LogP contribution in [0.5, 0.6) is 0 Å². The molecule has 0 aliphatic carbocycles. The van der Waals surface area contributed by atoms with Gasteiger partial charge in [0.15, 0.2) is 0 Å². The lowest BCUT2D eigenvalue weighted by Gasteiger charge is -2.34. The van der Waals surface area contributed by atoms with Gasteiger partial charge in [0.2, 0.25) is 17.7 Å². The standard InChI is InChI=1S/C50H62N10O7/c1-28(2)43(55-49(64)65)47(62)58-24-8-10-40(58)45-51-34-19-13-30(26-36(34)53-45)38-21-22-39(60(38)33-17-15-32(16-18-33)57-23-7-6-12-42(57)61)31-14-20-35-37(27-31)54-46(52-35)41-11-9-25-59(41)48(63)44(29(3)4)56-50(66)67-5/h13-20,26-29,38-41,43-44,55H,6-12,21-25H2,1-5H3,(H,51,53)(H,52,54)(H,56,66)(H,64,65)/t38-,39-,40+,41+,43+,44+/m1/s1. The molecule has 4 saturated heterocycles. The highest BCUT2D eigenvalue weighted by Gasteiger charge is 2.40. The maximum Gasteiger partial charge on any atom is 0.407 e. The van der Waals surface area contributed by atoms with Crippen LogP contribution in [0, 0.1) is 11.8 Å². The molecule has 0 unspecified atom stereocenters. The molecule has 3 aromatic carbocycles. The fraction of sp³-hybridized carbons (Fsp3) is 0.500. The Balaban J connectivity index is 1.02. The van der Waals surface area contributed by atoms with Crippen molar-refractivity contribution in [3.05, 3.63) is 83.4 Å². The SMILES string of the molecule is COC(=O)N[C@H](C(=O)N1CCC[C@H]1c1nc2cc([C@H]3CC[C@H](c4ccc5[nH]c([C@@H]6CCCN6C(=O)[C@@H](NC(=O)O)C(C)C)nc5c4)N3c3ccc(N4CCCCC4=O)cc3)ccc2[nH]1)C(C)C. The number of piperidine rings is 1. The van der Waals surface area contributed by atoms with Gasteiger partial charge in [-0.1, -0.05) is 39.8 Å². The van der Waals surface area contributed by atoms with E-state index >= 15 is 0 Å². The zero-order chi connectivity index (χ0) is 47.1. The van der Waals surface area contributed by atoms with Gasteiger partial charge in [-0.15, -0.1) is 0 Å². The summed E-state index contributed by atoms with van der Waals surface area (Å²) in [6.45, 7) is 9.29. The summed E-state index contributed by atoms with van der Waals surface area (Å²) in [5.41, 5.74) is 7.48. The van der Waals surface area contributed by atoms with Crippen molar-refractivity contribution in [2.75, 3.05) is 36.5 Å². The van der Waals surface area contributed by atoms with Crippen LogP contribution in [0.3, 0.4) is 0 Å². The highest BCUT2D eigenvalue weighted by molar-refractivity contribution is 5.94. The van der Waals surface area contributed by atoms with Crippen molar-refractivity contribution in [2.45, 2.75) is 122 Å². The average molecular weight is 915 g/mol. The number of likely N-dealkylation sites (tertiary alicyclic amines) is 2. The number of hydrogen-bond acceptors (Lipinski definition) is 9. The average Bonchev–Trinajstić information content (AvgIpc) is 4.18. The van der Waals surface area contributed by atoms with Crippen LogP contribution in [0.25, 0.3) is 22.1 Å². The van der Waals surface area contributed by atoms with Gasteiger partial charge >= 0.3 is 12.2 Å². The van der Waals surface area contributed by atoms with Gasteiger partial charge in [-0.3, -0.25) is 14.4 Å². The molecule has 4 aliphatic heterocycles. The number of amides is 5. The third-order valence-corrected chi connectivity index (χ3v) is 14.3. The molecule has 2 aromatic heterocycles. The predicted octanol–water partition coefficient (Wildman–Crippen LogP) is 8.04. The number of nitrogens with one attached hydrogen (secondary N) is 4. The number of fused-ring (bicyclic) bond motifs is 2. The Bertz CT molecular complexity index is 2660. The smallest absolute Gasteiger partial charge is 0.407 e. The third-order valence-electron chi connectivity index (χ3n) is 14.3. The fourth-order valence-corrected chi connectivity index (χ4v) is 10.9.